The Labute approximate surface area is 66.6 Å². The van der Waals surface area contributed by atoms with Crippen LogP contribution in [-0.4, -0.2) is 11.5 Å². The summed E-state index contributed by atoms with van der Waals surface area (Å²) in [7, 11) is 0. The highest BCUT2D eigenvalue weighted by atomic mass is 32.2. The molecule has 0 spiro atoms. The Morgan fingerprint density at radius 1 is 1.60 bits per heavy atom. The molecule has 1 heterocycles. The third-order valence-electron chi connectivity index (χ3n) is 1.72. The number of allylic oxidation sites excluding steroid dienone is 1. The average Bonchev–Trinajstić information content (AvgIpc) is 2.04. The molecule has 1 rings (SSSR count). The second-order valence-corrected chi connectivity index (χ2v) is 3.99. The van der Waals surface area contributed by atoms with Crippen LogP contribution in [0.3, 0.4) is 0 Å². The van der Waals surface area contributed by atoms with Crippen LogP contribution in [0.15, 0.2) is 16.1 Å². The van der Waals surface area contributed by atoms with Crippen LogP contribution < -0.4 is 0 Å². The highest BCUT2D eigenvalue weighted by Gasteiger charge is 2.08. The van der Waals surface area contributed by atoms with Gasteiger partial charge in [0.05, 0.1) is 0 Å². The molecule has 0 radical (unpaired) electrons. The van der Waals surface area contributed by atoms with Crippen molar-refractivity contribution < 1.29 is 0 Å². The van der Waals surface area contributed by atoms with Crippen LogP contribution in [-0.2, 0) is 0 Å². The third kappa shape index (κ3) is 1.87. The van der Waals surface area contributed by atoms with Gasteiger partial charge in [0.1, 0.15) is 0 Å². The number of rotatable bonds is 0. The average molecular weight is 155 g/mol. The minimum absolute atomic E-state index is 0.638. The predicted molar refractivity (Wildman–Crippen MR) is 48.5 cm³/mol. The molecule has 0 saturated carbocycles. The van der Waals surface area contributed by atoms with Gasteiger partial charge < -0.3 is 0 Å². The van der Waals surface area contributed by atoms with Gasteiger partial charge >= 0.3 is 0 Å². The molecule has 0 saturated heterocycles. The molecular formula is C8H13NS. The van der Waals surface area contributed by atoms with Crippen LogP contribution in [0.1, 0.15) is 20.8 Å². The van der Waals surface area contributed by atoms with Crippen molar-refractivity contribution in [2.45, 2.75) is 20.8 Å². The second kappa shape index (κ2) is 3.24. The van der Waals surface area contributed by atoms with Crippen LogP contribution in [0.4, 0.5) is 0 Å². The molecule has 0 aliphatic carbocycles. The van der Waals surface area contributed by atoms with Crippen LogP contribution in [0, 0.1) is 5.92 Å². The quantitative estimate of drug-likeness (QED) is 0.524. The molecule has 0 aromatic carbocycles. The SMILES string of the molecule is CC1=CN=C(C)C(C)CS1. The lowest BCUT2D eigenvalue weighted by Gasteiger charge is -2.05. The van der Waals surface area contributed by atoms with Gasteiger partial charge in [0.15, 0.2) is 0 Å². The molecule has 0 fully saturated rings. The minimum atomic E-state index is 0.638. The standard InChI is InChI=1S/C8H13NS/c1-6-5-10-7(2)4-9-8(6)3/h4,6H,5H2,1-3H3. The van der Waals surface area contributed by atoms with Crippen molar-refractivity contribution in [3.63, 3.8) is 0 Å². The summed E-state index contributed by atoms with van der Waals surface area (Å²) in [6.45, 7) is 6.43. The largest absolute Gasteiger partial charge is 0.265 e. The van der Waals surface area contributed by atoms with Gasteiger partial charge in [-0.15, -0.1) is 11.8 Å². The molecule has 0 aromatic rings. The van der Waals surface area contributed by atoms with E-state index < -0.39 is 0 Å². The molecular weight excluding hydrogens is 142 g/mol. The topological polar surface area (TPSA) is 12.4 Å². The van der Waals surface area contributed by atoms with E-state index >= 15 is 0 Å². The van der Waals surface area contributed by atoms with Crippen LogP contribution in [0.2, 0.25) is 0 Å². The van der Waals surface area contributed by atoms with Crippen LogP contribution in [0.25, 0.3) is 0 Å². The highest BCUT2D eigenvalue weighted by molar-refractivity contribution is 8.03. The van der Waals surface area contributed by atoms with Crippen molar-refractivity contribution in [1.29, 1.82) is 0 Å². The van der Waals surface area contributed by atoms with E-state index in [0.29, 0.717) is 5.92 Å². The van der Waals surface area contributed by atoms with Gasteiger partial charge in [0, 0.05) is 23.6 Å². The first-order chi connectivity index (χ1) is 4.70. The van der Waals surface area contributed by atoms with E-state index in [1.807, 2.05) is 18.0 Å². The van der Waals surface area contributed by atoms with Crippen molar-refractivity contribution in [2.75, 3.05) is 5.75 Å². The molecule has 1 unspecified atom stereocenters. The minimum Gasteiger partial charge on any atom is -0.265 e. The Morgan fingerprint density at radius 2 is 2.30 bits per heavy atom. The van der Waals surface area contributed by atoms with Gasteiger partial charge in [-0.2, -0.15) is 0 Å². The maximum absolute atomic E-state index is 4.32. The molecule has 0 bridgehead atoms. The van der Waals surface area contributed by atoms with Crippen molar-refractivity contribution in [1.82, 2.24) is 0 Å². The lowest BCUT2D eigenvalue weighted by atomic mass is 10.1. The smallest absolute Gasteiger partial charge is 0.0359 e. The summed E-state index contributed by atoms with van der Waals surface area (Å²) in [5.41, 5.74) is 1.25. The monoisotopic (exact) mass is 155 g/mol. The van der Waals surface area contributed by atoms with E-state index in [1.54, 1.807) is 0 Å². The number of aliphatic imine (C=N–C) groups is 1. The third-order valence-corrected chi connectivity index (χ3v) is 2.95. The number of nitrogens with zero attached hydrogens (tertiary/aromatic N) is 1. The fourth-order valence-corrected chi connectivity index (χ4v) is 1.62. The predicted octanol–water partition coefficient (Wildman–Crippen LogP) is 2.69. The Balaban J connectivity index is 2.70. The molecule has 0 amide bonds. The lowest BCUT2D eigenvalue weighted by molar-refractivity contribution is 0.897. The molecule has 1 nitrogen and oxygen atoms in total. The first kappa shape index (κ1) is 7.86. The van der Waals surface area contributed by atoms with Gasteiger partial charge in [-0.3, -0.25) is 4.99 Å². The summed E-state index contributed by atoms with van der Waals surface area (Å²) in [5.74, 6) is 1.82. The fourth-order valence-electron chi connectivity index (χ4n) is 0.734. The van der Waals surface area contributed by atoms with E-state index in [0.717, 1.165) is 0 Å². The van der Waals surface area contributed by atoms with Crippen molar-refractivity contribution >= 4 is 17.5 Å². The molecule has 56 valence electrons. The summed E-state index contributed by atoms with van der Waals surface area (Å²) < 4.78 is 0. The van der Waals surface area contributed by atoms with Gasteiger partial charge in [0.2, 0.25) is 0 Å². The number of thioether (sulfide) groups is 1. The van der Waals surface area contributed by atoms with Gasteiger partial charge in [-0.25, -0.2) is 0 Å². The van der Waals surface area contributed by atoms with Crippen molar-refractivity contribution in [3.8, 4) is 0 Å². The molecule has 1 aliphatic heterocycles. The van der Waals surface area contributed by atoms with E-state index in [9.17, 15) is 0 Å². The van der Waals surface area contributed by atoms with E-state index in [2.05, 4.69) is 25.8 Å². The van der Waals surface area contributed by atoms with Crippen molar-refractivity contribution in [3.05, 3.63) is 11.1 Å². The molecule has 1 aliphatic rings. The summed E-state index contributed by atoms with van der Waals surface area (Å²) in [4.78, 5) is 5.64. The van der Waals surface area contributed by atoms with E-state index in [4.69, 9.17) is 0 Å². The van der Waals surface area contributed by atoms with Crippen LogP contribution in [0.5, 0.6) is 0 Å². The Bertz CT molecular complexity index is 182. The molecule has 10 heavy (non-hydrogen) atoms. The Kier molecular flexibility index (Phi) is 2.55. The van der Waals surface area contributed by atoms with E-state index in [1.165, 1.54) is 16.4 Å². The first-order valence-electron chi connectivity index (χ1n) is 3.54. The normalized spacial score (nSPS) is 26.9. The molecule has 2 heteroatoms. The Hall–Kier alpha value is -0.240. The zero-order chi connectivity index (χ0) is 7.56. The zero-order valence-corrected chi connectivity index (χ0v) is 7.53. The van der Waals surface area contributed by atoms with Gasteiger partial charge in [-0.1, -0.05) is 6.92 Å². The van der Waals surface area contributed by atoms with Gasteiger partial charge in [-0.05, 0) is 18.8 Å². The summed E-state index contributed by atoms with van der Waals surface area (Å²) in [6, 6.07) is 0. The summed E-state index contributed by atoms with van der Waals surface area (Å²) >= 11 is 1.90. The number of hydrogen-bond acceptors (Lipinski definition) is 2. The van der Waals surface area contributed by atoms with Crippen molar-refractivity contribution in [2.24, 2.45) is 10.9 Å². The van der Waals surface area contributed by atoms with Crippen LogP contribution >= 0.6 is 11.8 Å². The van der Waals surface area contributed by atoms with E-state index in [-0.39, 0.29) is 0 Å². The highest BCUT2D eigenvalue weighted by Crippen LogP contribution is 2.22. The number of hydrogen-bond donors (Lipinski definition) is 0. The first-order valence-corrected chi connectivity index (χ1v) is 4.52. The van der Waals surface area contributed by atoms with Gasteiger partial charge in [0.25, 0.3) is 0 Å². The zero-order valence-electron chi connectivity index (χ0n) is 6.72. The lowest BCUT2D eigenvalue weighted by Crippen LogP contribution is -2.07. The second-order valence-electron chi connectivity index (χ2n) is 2.72. The summed E-state index contributed by atoms with van der Waals surface area (Å²) in [6.07, 6.45) is 1.96. The molecule has 1 atom stereocenters. The Morgan fingerprint density at radius 3 is 3.00 bits per heavy atom. The maximum Gasteiger partial charge on any atom is 0.0359 e. The maximum atomic E-state index is 4.32. The summed E-state index contributed by atoms with van der Waals surface area (Å²) in [5, 5.41) is 0. The molecule has 0 N–H and O–H groups in total. The fraction of sp³-hybridized carbons (Fsp3) is 0.625. The molecule has 0 aromatic heterocycles.